The van der Waals surface area contributed by atoms with Crippen LogP contribution < -0.4 is 5.32 Å². The minimum absolute atomic E-state index is 0.241. The fraction of sp³-hybridized carbons (Fsp3) is 0.125. The number of Topliss-reactive ketones (excluding diaryl/α,β-unsaturated/α-hetero) is 1. The summed E-state index contributed by atoms with van der Waals surface area (Å²) in [5, 5.41) is 10.9. The number of hydrogen-bond acceptors (Lipinski definition) is 6. The summed E-state index contributed by atoms with van der Waals surface area (Å²) in [6.07, 6.45) is -0.251. The third kappa shape index (κ3) is 4.91. The zero-order chi connectivity index (χ0) is 17.5. The number of thiophene rings is 1. The molecule has 0 bridgehead atoms. The van der Waals surface area contributed by atoms with Gasteiger partial charge in [0, 0.05) is 5.69 Å². The topological polar surface area (TPSA) is 96.3 Å². The minimum atomic E-state index is -0.652. The second-order valence-corrected chi connectivity index (χ2v) is 6.28. The first-order chi connectivity index (χ1) is 11.5. The lowest BCUT2D eigenvalue weighted by Crippen LogP contribution is -2.14. The standard InChI is InChI=1S/C16H11ClN2O4S/c17-14-6-5-13(24-14)12(20)9-23-16(22)10-1-3-11(4-2-10)19-15(21)7-8-18/h1-6H,7,9H2,(H,19,21). The van der Waals surface area contributed by atoms with E-state index in [1.165, 1.54) is 24.3 Å². The summed E-state index contributed by atoms with van der Waals surface area (Å²) in [6.45, 7) is -0.379. The van der Waals surface area contributed by atoms with E-state index < -0.39 is 11.9 Å². The van der Waals surface area contributed by atoms with E-state index in [-0.39, 0.29) is 24.4 Å². The Hall–Kier alpha value is -2.69. The fourth-order valence-electron chi connectivity index (χ4n) is 1.72. The van der Waals surface area contributed by atoms with E-state index in [2.05, 4.69) is 5.32 Å². The van der Waals surface area contributed by atoms with Gasteiger partial charge in [-0.2, -0.15) is 5.26 Å². The maximum absolute atomic E-state index is 11.9. The van der Waals surface area contributed by atoms with E-state index in [4.69, 9.17) is 21.6 Å². The molecule has 0 fully saturated rings. The Morgan fingerprint density at radius 3 is 2.46 bits per heavy atom. The van der Waals surface area contributed by atoms with Crippen LogP contribution in [0.2, 0.25) is 4.34 Å². The van der Waals surface area contributed by atoms with Crippen LogP contribution in [0.1, 0.15) is 26.5 Å². The molecule has 1 N–H and O–H groups in total. The van der Waals surface area contributed by atoms with Gasteiger partial charge < -0.3 is 10.1 Å². The van der Waals surface area contributed by atoms with Crippen molar-refractivity contribution < 1.29 is 19.1 Å². The molecule has 8 heteroatoms. The molecule has 0 saturated heterocycles. The average molecular weight is 363 g/mol. The third-order valence-electron chi connectivity index (χ3n) is 2.83. The van der Waals surface area contributed by atoms with Crippen LogP contribution in [0.25, 0.3) is 0 Å². The molecule has 1 amide bonds. The summed E-state index contributed by atoms with van der Waals surface area (Å²) in [5.41, 5.74) is 0.696. The molecule has 0 aliphatic heterocycles. The number of esters is 1. The van der Waals surface area contributed by atoms with Gasteiger partial charge in [0.2, 0.25) is 11.7 Å². The van der Waals surface area contributed by atoms with Gasteiger partial charge in [-0.05, 0) is 36.4 Å². The second kappa shape index (κ2) is 8.24. The number of rotatable bonds is 6. The first-order valence-corrected chi connectivity index (χ1v) is 7.91. The van der Waals surface area contributed by atoms with Crippen molar-refractivity contribution in [1.82, 2.24) is 0 Å². The summed E-state index contributed by atoms with van der Waals surface area (Å²) in [4.78, 5) is 35.4. The lowest BCUT2D eigenvalue weighted by atomic mass is 10.2. The molecule has 0 saturated carbocycles. The van der Waals surface area contributed by atoms with Crippen LogP contribution in [-0.2, 0) is 9.53 Å². The summed E-state index contributed by atoms with van der Waals surface area (Å²) in [7, 11) is 0. The number of nitrogens with zero attached hydrogens (tertiary/aromatic N) is 1. The van der Waals surface area contributed by atoms with Crippen LogP contribution in [0.3, 0.4) is 0 Å². The van der Waals surface area contributed by atoms with Gasteiger partial charge in [0.05, 0.1) is 20.8 Å². The molecule has 0 unspecified atom stereocenters. The van der Waals surface area contributed by atoms with Gasteiger partial charge >= 0.3 is 5.97 Å². The van der Waals surface area contributed by atoms with Gasteiger partial charge in [-0.15, -0.1) is 11.3 Å². The van der Waals surface area contributed by atoms with E-state index >= 15 is 0 Å². The quantitative estimate of drug-likeness (QED) is 0.628. The number of amides is 1. The number of hydrogen-bond donors (Lipinski definition) is 1. The lowest BCUT2D eigenvalue weighted by Gasteiger charge is -2.05. The Balaban J connectivity index is 1.89. The van der Waals surface area contributed by atoms with E-state index in [0.717, 1.165) is 11.3 Å². The van der Waals surface area contributed by atoms with Gasteiger partial charge in [-0.25, -0.2) is 4.79 Å². The Bertz CT molecular complexity index is 808. The number of carbonyl (C=O) groups is 3. The minimum Gasteiger partial charge on any atom is -0.454 e. The molecule has 0 radical (unpaired) electrons. The molecule has 0 atom stereocenters. The first-order valence-electron chi connectivity index (χ1n) is 6.72. The van der Waals surface area contributed by atoms with Crippen LogP contribution >= 0.6 is 22.9 Å². The van der Waals surface area contributed by atoms with E-state index in [1.807, 2.05) is 0 Å². The number of benzene rings is 1. The molecular weight excluding hydrogens is 352 g/mol. The maximum atomic E-state index is 11.9. The number of ketones is 1. The monoisotopic (exact) mass is 362 g/mol. The predicted octanol–water partition coefficient (Wildman–Crippen LogP) is 3.29. The first kappa shape index (κ1) is 17.7. The van der Waals surface area contributed by atoms with Gasteiger partial charge in [-0.3, -0.25) is 9.59 Å². The van der Waals surface area contributed by atoms with Gasteiger partial charge in [0.15, 0.2) is 6.61 Å². The SMILES string of the molecule is N#CCC(=O)Nc1ccc(C(=O)OCC(=O)c2ccc(Cl)s2)cc1. The van der Waals surface area contributed by atoms with Crippen LogP contribution in [0, 0.1) is 11.3 Å². The number of nitrogens with one attached hydrogen (secondary N) is 1. The smallest absolute Gasteiger partial charge is 0.338 e. The summed E-state index contributed by atoms with van der Waals surface area (Å²) >= 11 is 6.86. The molecule has 1 heterocycles. The van der Waals surface area contributed by atoms with Crippen LogP contribution in [0.15, 0.2) is 36.4 Å². The lowest BCUT2D eigenvalue weighted by molar-refractivity contribution is -0.115. The summed E-state index contributed by atoms with van der Waals surface area (Å²) in [5.74, 6) is -1.42. The molecule has 6 nitrogen and oxygen atoms in total. The van der Waals surface area contributed by atoms with E-state index in [9.17, 15) is 14.4 Å². The van der Waals surface area contributed by atoms with Crippen LogP contribution in [0.5, 0.6) is 0 Å². The van der Waals surface area contributed by atoms with Gasteiger partial charge in [0.25, 0.3) is 0 Å². The predicted molar refractivity (Wildman–Crippen MR) is 89.2 cm³/mol. The highest BCUT2D eigenvalue weighted by molar-refractivity contribution is 7.18. The molecule has 122 valence electrons. The Labute approximate surface area is 146 Å². The average Bonchev–Trinajstić information content (AvgIpc) is 3.00. The number of halogens is 1. The molecular formula is C16H11ClN2O4S. The number of anilines is 1. The molecule has 2 aromatic rings. The molecule has 2 rings (SSSR count). The van der Waals surface area contributed by atoms with Crippen LogP contribution in [0.4, 0.5) is 5.69 Å². The molecule has 1 aromatic heterocycles. The molecule has 1 aromatic carbocycles. The normalized spacial score (nSPS) is 9.83. The van der Waals surface area contributed by atoms with Crippen molar-refractivity contribution in [2.24, 2.45) is 0 Å². The zero-order valence-corrected chi connectivity index (χ0v) is 13.8. The van der Waals surface area contributed by atoms with Crippen molar-refractivity contribution >= 4 is 46.3 Å². The Kier molecular flexibility index (Phi) is 6.07. The molecule has 0 spiro atoms. The van der Waals surface area contributed by atoms with Crippen molar-refractivity contribution in [1.29, 1.82) is 5.26 Å². The number of nitriles is 1. The number of ether oxygens (including phenoxy) is 1. The van der Waals surface area contributed by atoms with Crippen molar-refractivity contribution in [2.45, 2.75) is 6.42 Å². The van der Waals surface area contributed by atoms with Crippen LogP contribution in [-0.4, -0.2) is 24.3 Å². The summed E-state index contributed by atoms with van der Waals surface area (Å²) in [6, 6.07) is 10.8. The van der Waals surface area contributed by atoms with Gasteiger partial charge in [-0.1, -0.05) is 11.6 Å². The van der Waals surface area contributed by atoms with Crippen molar-refractivity contribution in [3.8, 4) is 6.07 Å². The van der Waals surface area contributed by atoms with E-state index in [1.54, 1.807) is 18.2 Å². The number of carbonyl (C=O) groups excluding carboxylic acids is 3. The highest BCUT2D eigenvalue weighted by Crippen LogP contribution is 2.22. The molecule has 0 aliphatic carbocycles. The van der Waals surface area contributed by atoms with Gasteiger partial charge in [0.1, 0.15) is 6.42 Å². The Morgan fingerprint density at radius 2 is 1.88 bits per heavy atom. The summed E-state index contributed by atoms with van der Waals surface area (Å²) < 4.78 is 5.44. The zero-order valence-electron chi connectivity index (χ0n) is 12.2. The van der Waals surface area contributed by atoms with Crippen molar-refractivity contribution in [3.63, 3.8) is 0 Å². The maximum Gasteiger partial charge on any atom is 0.338 e. The third-order valence-corrected chi connectivity index (χ3v) is 4.10. The molecule has 24 heavy (non-hydrogen) atoms. The second-order valence-electron chi connectivity index (χ2n) is 4.56. The van der Waals surface area contributed by atoms with Crippen molar-refractivity contribution in [2.75, 3.05) is 11.9 Å². The van der Waals surface area contributed by atoms with Crippen molar-refractivity contribution in [3.05, 3.63) is 51.2 Å². The highest BCUT2D eigenvalue weighted by Gasteiger charge is 2.13. The highest BCUT2D eigenvalue weighted by atomic mass is 35.5. The Morgan fingerprint density at radius 1 is 1.17 bits per heavy atom. The largest absolute Gasteiger partial charge is 0.454 e. The molecule has 0 aliphatic rings. The fourth-order valence-corrected chi connectivity index (χ4v) is 2.68. The van der Waals surface area contributed by atoms with E-state index in [0.29, 0.717) is 14.9 Å².